The number of nitrogens with zero attached hydrogens (tertiary/aromatic N) is 1. The zero-order chi connectivity index (χ0) is 15.8. The number of hydrogen-bond acceptors (Lipinski definition) is 5. The first-order chi connectivity index (χ1) is 9.97. The molecule has 1 aromatic carbocycles. The summed E-state index contributed by atoms with van der Waals surface area (Å²) in [6, 6.07) is 5.45. The van der Waals surface area contributed by atoms with E-state index in [1.54, 1.807) is 12.1 Å². The van der Waals surface area contributed by atoms with Crippen LogP contribution in [0.4, 0.5) is 0 Å². The van der Waals surface area contributed by atoms with Crippen molar-refractivity contribution in [3.8, 4) is 5.75 Å². The number of carbonyl (C=O) groups excluding carboxylic acids is 1. The third kappa shape index (κ3) is 5.31. The summed E-state index contributed by atoms with van der Waals surface area (Å²) in [5.74, 6) is 0.438. The van der Waals surface area contributed by atoms with E-state index >= 15 is 0 Å². The van der Waals surface area contributed by atoms with Crippen molar-refractivity contribution in [3.63, 3.8) is 0 Å². The fourth-order valence-corrected chi connectivity index (χ4v) is 1.81. The van der Waals surface area contributed by atoms with Crippen molar-refractivity contribution in [1.29, 1.82) is 0 Å². The molecule has 7 nitrogen and oxygen atoms in total. The van der Waals surface area contributed by atoms with Gasteiger partial charge in [-0.3, -0.25) is 4.79 Å². The first-order valence-electron chi connectivity index (χ1n) is 6.62. The predicted molar refractivity (Wildman–Crippen MR) is 80.5 cm³/mol. The summed E-state index contributed by atoms with van der Waals surface area (Å²) in [5, 5.41) is 17.6. The van der Waals surface area contributed by atoms with Gasteiger partial charge in [-0.1, -0.05) is 11.2 Å². The maximum Gasteiger partial charge on any atom is 0.234 e. The first-order valence-corrected chi connectivity index (χ1v) is 6.62. The average molecular weight is 294 g/mol. The maximum atomic E-state index is 11.5. The molecule has 0 spiro atoms. The summed E-state index contributed by atoms with van der Waals surface area (Å²) >= 11 is 0. The summed E-state index contributed by atoms with van der Waals surface area (Å²) < 4.78 is 5.15. The van der Waals surface area contributed by atoms with Gasteiger partial charge >= 0.3 is 0 Å². The number of amides is 1. The number of hydrogen-bond donors (Lipinski definition) is 4. The Labute approximate surface area is 124 Å². The number of ether oxygens (including phenoxy) is 1. The minimum atomic E-state index is -0.0600. The lowest BCUT2D eigenvalue weighted by Crippen LogP contribution is -2.37. The Bertz CT molecular complexity index is 515. The minimum Gasteiger partial charge on any atom is -0.496 e. The van der Waals surface area contributed by atoms with Crippen LogP contribution in [0.2, 0.25) is 0 Å². The van der Waals surface area contributed by atoms with Crippen LogP contribution in [-0.4, -0.2) is 36.6 Å². The zero-order valence-corrected chi connectivity index (χ0v) is 12.5. The lowest BCUT2D eigenvalue weighted by atomic mass is 10.1. The number of methoxy groups -OCH3 is 1. The van der Waals surface area contributed by atoms with Crippen LogP contribution >= 0.6 is 0 Å². The lowest BCUT2D eigenvalue weighted by molar-refractivity contribution is -0.120. The van der Waals surface area contributed by atoms with E-state index in [0.717, 1.165) is 5.56 Å². The van der Waals surface area contributed by atoms with Gasteiger partial charge in [0.25, 0.3) is 0 Å². The number of carbonyl (C=O) groups is 1. The van der Waals surface area contributed by atoms with Crippen LogP contribution in [0.3, 0.4) is 0 Å². The molecule has 0 saturated carbocycles. The molecule has 1 rings (SSSR count). The quantitative estimate of drug-likeness (QED) is 0.252. The van der Waals surface area contributed by atoms with Crippen molar-refractivity contribution in [2.24, 2.45) is 10.9 Å². The highest BCUT2D eigenvalue weighted by molar-refractivity contribution is 5.99. The minimum absolute atomic E-state index is 0.0220. The second-order valence-electron chi connectivity index (χ2n) is 4.85. The van der Waals surface area contributed by atoms with Gasteiger partial charge in [-0.25, -0.2) is 0 Å². The van der Waals surface area contributed by atoms with E-state index < -0.39 is 0 Å². The lowest BCUT2D eigenvalue weighted by Gasteiger charge is -2.11. The van der Waals surface area contributed by atoms with E-state index in [-0.39, 0.29) is 24.3 Å². The molecule has 0 radical (unpaired) electrons. The fourth-order valence-electron chi connectivity index (χ4n) is 1.81. The van der Waals surface area contributed by atoms with Crippen LogP contribution < -0.4 is 21.1 Å². The Morgan fingerprint density at radius 1 is 1.48 bits per heavy atom. The normalized spacial score (nSPS) is 11.5. The molecular weight excluding hydrogens is 272 g/mol. The van der Waals surface area contributed by atoms with Gasteiger partial charge in [-0.05, 0) is 31.5 Å². The molecule has 0 heterocycles. The van der Waals surface area contributed by atoms with Crippen molar-refractivity contribution in [2.45, 2.75) is 26.4 Å². The number of oxime groups is 1. The van der Waals surface area contributed by atoms with Gasteiger partial charge in [0.2, 0.25) is 5.91 Å². The van der Waals surface area contributed by atoms with Gasteiger partial charge in [0, 0.05) is 12.6 Å². The van der Waals surface area contributed by atoms with E-state index in [1.807, 2.05) is 19.9 Å². The van der Waals surface area contributed by atoms with Crippen LogP contribution in [-0.2, 0) is 11.3 Å². The molecule has 0 saturated heterocycles. The van der Waals surface area contributed by atoms with E-state index in [0.29, 0.717) is 17.9 Å². The highest BCUT2D eigenvalue weighted by Gasteiger charge is 2.09. The molecule has 0 fully saturated rings. The van der Waals surface area contributed by atoms with Crippen molar-refractivity contribution >= 4 is 11.7 Å². The first kappa shape index (κ1) is 16.8. The molecule has 1 amide bonds. The molecule has 5 N–H and O–H groups in total. The standard InChI is InChI=1S/C14H22N4O3/c1-9(2)17-13(19)8-16-7-10-4-5-12(21-3)11(6-10)14(15)18-20/h4-6,9,16,20H,7-8H2,1-3H3,(H2,15,18)(H,17,19). The van der Waals surface area contributed by atoms with E-state index in [1.165, 1.54) is 7.11 Å². The Kier molecular flexibility index (Phi) is 6.48. The van der Waals surface area contributed by atoms with E-state index in [2.05, 4.69) is 15.8 Å². The molecule has 0 aromatic heterocycles. The van der Waals surface area contributed by atoms with Crippen molar-refractivity contribution in [2.75, 3.05) is 13.7 Å². The largest absolute Gasteiger partial charge is 0.496 e. The van der Waals surface area contributed by atoms with Gasteiger partial charge in [0.1, 0.15) is 5.75 Å². The van der Waals surface area contributed by atoms with Crippen molar-refractivity contribution in [1.82, 2.24) is 10.6 Å². The molecule has 0 bridgehead atoms. The number of benzene rings is 1. The van der Waals surface area contributed by atoms with Crippen LogP contribution in [0, 0.1) is 0 Å². The molecule has 0 atom stereocenters. The fraction of sp³-hybridized carbons (Fsp3) is 0.429. The third-order valence-corrected chi connectivity index (χ3v) is 2.71. The number of amidine groups is 1. The smallest absolute Gasteiger partial charge is 0.234 e. The topological polar surface area (TPSA) is 109 Å². The zero-order valence-electron chi connectivity index (χ0n) is 12.5. The number of nitrogens with two attached hydrogens (primary N) is 1. The highest BCUT2D eigenvalue weighted by atomic mass is 16.5. The van der Waals surface area contributed by atoms with Crippen molar-refractivity contribution < 1.29 is 14.7 Å². The molecule has 1 aromatic rings. The summed E-state index contributed by atoms with van der Waals surface area (Å²) in [6.07, 6.45) is 0. The summed E-state index contributed by atoms with van der Waals surface area (Å²) in [5.41, 5.74) is 7.01. The molecule has 0 aliphatic heterocycles. The Morgan fingerprint density at radius 2 is 2.19 bits per heavy atom. The Hall–Kier alpha value is -2.28. The molecule has 116 valence electrons. The number of rotatable bonds is 7. The predicted octanol–water partition coefficient (Wildman–Crippen LogP) is 0.404. The average Bonchev–Trinajstić information content (AvgIpc) is 2.45. The van der Waals surface area contributed by atoms with E-state index in [4.69, 9.17) is 15.7 Å². The molecular formula is C14H22N4O3. The second-order valence-corrected chi connectivity index (χ2v) is 4.85. The molecule has 0 aliphatic carbocycles. The second kappa shape index (κ2) is 8.11. The molecule has 0 aliphatic rings. The van der Waals surface area contributed by atoms with Gasteiger partial charge < -0.3 is 26.3 Å². The maximum absolute atomic E-state index is 11.5. The monoisotopic (exact) mass is 294 g/mol. The molecule has 0 unspecified atom stereocenters. The van der Waals surface area contributed by atoms with Crippen LogP contribution in [0.1, 0.15) is 25.0 Å². The molecule has 7 heteroatoms. The third-order valence-electron chi connectivity index (χ3n) is 2.71. The molecule has 21 heavy (non-hydrogen) atoms. The SMILES string of the molecule is COc1ccc(CNCC(=O)NC(C)C)cc1C(N)=NO. The number of nitrogens with one attached hydrogen (secondary N) is 2. The van der Waals surface area contributed by atoms with Gasteiger partial charge in [-0.15, -0.1) is 0 Å². The summed E-state index contributed by atoms with van der Waals surface area (Å²) in [6.45, 7) is 4.53. The van der Waals surface area contributed by atoms with Crippen LogP contribution in [0.5, 0.6) is 5.75 Å². The van der Waals surface area contributed by atoms with Crippen LogP contribution in [0.15, 0.2) is 23.4 Å². The summed E-state index contributed by atoms with van der Waals surface area (Å²) in [4.78, 5) is 11.5. The van der Waals surface area contributed by atoms with Crippen molar-refractivity contribution in [3.05, 3.63) is 29.3 Å². The van der Waals surface area contributed by atoms with Gasteiger partial charge in [0.05, 0.1) is 19.2 Å². The van der Waals surface area contributed by atoms with Gasteiger partial charge in [0.15, 0.2) is 5.84 Å². The van der Waals surface area contributed by atoms with Gasteiger partial charge in [-0.2, -0.15) is 0 Å². The highest BCUT2D eigenvalue weighted by Crippen LogP contribution is 2.19. The Morgan fingerprint density at radius 3 is 2.76 bits per heavy atom. The summed E-state index contributed by atoms with van der Waals surface area (Å²) in [7, 11) is 1.51. The van der Waals surface area contributed by atoms with E-state index in [9.17, 15) is 4.79 Å². The van der Waals surface area contributed by atoms with Crippen LogP contribution in [0.25, 0.3) is 0 Å². The Balaban J connectivity index is 2.66.